The number of carbonyl (C=O) groups is 1. The Kier molecular flexibility index (Phi) is 5.96. The van der Waals surface area contributed by atoms with Crippen LogP contribution in [0.15, 0.2) is 47.5 Å². The third-order valence-electron chi connectivity index (χ3n) is 8.69. The van der Waals surface area contributed by atoms with Crippen LogP contribution in [0.3, 0.4) is 0 Å². The molecule has 1 aromatic carbocycles. The smallest absolute Gasteiger partial charge is 0.341 e. The number of fused-ring (bicyclic) bond motifs is 5. The van der Waals surface area contributed by atoms with Gasteiger partial charge in [0.1, 0.15) is 11.2 Å². The molecule has 2 aliphatic rings. The lowest BCUT2D eigenvalue weighted by Crippen LogP contribution is -2.37. The molecule has 6 heterocycles. The van der Waals surface area contributed by atoms with E-state index >= 15 is 4.39 Å². The minimum absolute atomic E-state index is 0.0505. The third kappa shape index (κ3) is 3.78. The molecule has 0 aliphatic carbocycles. The summed E-state index contributed by atoms with van der Waals surface area (Å²) < 4.78 is 38.0. The molecule has 0 radical (unpaired) electrons. The minimum Gasteiger partial charge on any atom is -0.477 e. The van der Waals surface area contributed by atoms with Gasteiger partial charge >= 0.3 is 5.97 Å². The van der Waals surface area contributed by atoms with Crippen LogP contribution in [0, 0.1) is 17.6 Å². The monoisotopic (exact) mass is 574 g/mol. The normalized spacial score (nSPS) is 20.3. The van der Waals surface area contributed by atoms with Gasteiger partial charge in [-0.2, -0.15) is 0 Å². The lowest BCUT2D eigenvalue weighted by atomic mass is 9.99. The summed E-state index contributed by atoms with van der Waals surface area (Å²) in [5.74, 6) is -3.11. The molecule has 2 saturated heterocycles. The summed E-state index contributed by atoms with van der Waals surface area (Å²) in [7, 11) is 5.67. The number of aromatic carboxylic acids is 1. The summed E-state index contributed by atoms with van der Waals surface area (Å²) in [6.45, 7) is 1.76. The molecular weight excluding hydrogens is 546 g/mol. The highest BCUT2D eigenvalue weighted by atomic mass is 19.2. The number of hydrogen-bond acceptors (Lipinski definition) is 7. The van der Waals surface area contributed by atoms with Gasteiger partial charge in [-0.15, -0.1) is 0 Å². The van der Waals surface area contributed by atoms with Crippen molar-refractivity contribution in [2.24, 2.45) is 5.92 Å². The number of hydrogen-bond donors (Lipinski definition) is 3. The first kappa shape index (κ1) is 26.4. The Morgan fingerprint density at radius 3 is 2.71 bits per heavy atom. The van der Waals surface area contributed by atoms with E-state index in [-0.39, 0.29) is 29.0 Å². The second kappa shape index (κ2) is 9.50. The van der Waals surface area contributed by atoms with Crippen molar-refractivity contribution in [3.63, 3.8) is 0 Å². The van der Waals surface area contributed by atoms with Gasteiger partial charge in [-0.1, -0.05) is 6.07 Å². The van der Waals surface area contributed by atoms with Crippen molar-refractivity contribution >= 4 is 44.8 Å². The van der Waals surface area contributed by atoms with Crippen LogP contribution < -0.4 is 15.8 Å². The molecule has 42 heavy (non-hydrogen) atoms. The summed E-state index contributed by atoms with van der Waals surface area (Å²) in [4.78, 5) is 36.8. The van der Waals surface area contributed by atoms with Gasteiger partial charge in [0.05, 0.1) is 40.4 Å². The Hall–Kier alpha value is -4.55. The molecule has 12 heteroatoms. The third-order valence-corrected chi connectivity index (χ3v) is 8.69. The number of rotatable bonds is 5. The quantitative estimate of drug-likeness (QED) is 0.291. The van der Waals surface area contributed by atoms with Crippen LogP contribution in [-0.2, 0) is 4.74 Å². The van der Waals surface area contributed by atoms with E-state index < -0.39 is 23.2 Å². The Balaban J connectivity index is 1.52. The topological polar surface area (TPSA) is 115 Å². The van der Waals surface area contributed by atoms with E-state index in [4.69, 9.17) is 4.74 Å². The van der Waals surface area contributed by atoms with E-state index in [0.717, 1.165) is 6.07 Å². The van der Waals surface area contributed by atoms with Crippen molar-refractivity contribution in [1.29, 1.82) is 0 Å². The fourth-order valence-corrected chi connectivity index (χ4v) is 6.60. The molecule has 7 rings (SSSR count). The molecule has 0 saturated carbocycles. The van der Waals surface area contributed by atoms with Gasteiger partial charge in [0.25, 0.3) is 5.56 Å². The van der Waals surface area contributed by atoms with Crippen LogP contribution >= 0.6 is 0 Å². The van der Waals surface area contributed by atoms with Gasteiger partial charge in [0, 0.05) is 67.2 Å². The Labute approximate surface area is 238 Å². The van der Waals surface area contributed by atoms with E-state index in [0.29, 0.717) is 64.3 Å². The molecule has 2 fully saturated rings. The van der Waals surface area contributed by atoms with Crippen LogP contribution in [0.4, 0.5) is 20.2 Å². The van der Waals surface area contributed by atoms with E-state index in [1.165, 1.54) is 10.5 Å². The number of halogens is 2. The maximum atomic E-state index is 15.7. The van der Waals surface area contributed by atoms with Gasteiger partial charge in [-0.3, -0.25) is 9.20 Å². The van der Waals surface area contributed by atoms with E-state index in [1.807, 2.05) is 20.2 Å². The largest absolute Gasteiger partial charge is 0.477 e. The van der Waals surface area contributed by atoms with Gasteiger partial charge in [0.15, 0.2) is 11.6 Å². The second-order valence-electron chi connectivity index (χ2n) is 11.1. The van der Waals surface area contributed by atoms with Gasteiger partial charge in [0.2, 0.25) is 0 Å². The number of nitrogens with one attached hydrogen (secondary N) is 2. The molecule has 0 amide bonds. The van der Waals surface area contributed by atoms with Crippen LogP contribution in [0.2, 0.25) is 0 Å². The first-order valence-corrected chi connectivity index (χ1v) is 13.6. The zero-order valence-electron chi connectivity index (χ0n) is 23.1. The molecule has 2 aliphatic heterocycles. The summed E-state index contributed by atoms with van der Waals surface area (Å²) in [5, 5.41) is 12.9. The van der Waals surface area contributed by atoms with Crippen molar-refractivity contribution in [2.45, 2.75) is 12.1 Å². The van der Waals surface area contributed by atoms with Crippen molar-refractivity contribution < 1.29 is 23.4 Å². The SMILES string of the molecule is CNc1cc(F)c(F)c2c1[nH]c1ncc(-c3ccc4ccc(C(=O)O)c(=O)n4c3)c(N3C[C@@H]4OCC(N(C)C)[C@@H]4C3)c12. The molecular formula is C30H28F2N6O4. The molecule has 0 spiro atoms. The van der Waals surface area contributed by atoms with E-state index in [9.17, 15) is 19.1 Å². The maximum Gasteiger partial charge on any atom is 0.341 e. The predicted molar refractivity (Wildman–Crippen MR) is 156 cm³/mol. The summed E-state index contributed by atoms with van der Waals surface area (Å²) in [6, 6.07) is 7.68. The lowest BCUT2D eigenvalue weighted by Gasteiger charge is -2.27. The van der Waals surface area contributed by atoms with Crippen LogP contribution in [-0.4, -0.2) is 83.3 Å². The molecule has 4 aromatic heterocycles. The highest BCUT2D eigenvalue weighted by molar-refractivity contribution is 6.18. The van der Waals surface area contributed by atoms with Gasteiger partial charge in [-0.05, 0) is 32.3 Å². The fourth-order valence-electron chi connectivity index (χ4n) is 6.60. The Bertz CT molecular complexity index is 1990. The Morgan fingerprint density at radius 2 is 1.98 bits per heavy atom. The highest BCUT2D eigenvalue weighted by Gasteiger charge is 2.45. The van der Waals surface area contributed by atoms with Crippen LogP contribution in [0.1, 0.15) is 10.4 Å². The molecule has 0 bridgehead atoms. The van der Waals surface area contributed by atoms with Gasteiger partial charge < -0.3 is 29.9 Å². The number of anilines is 2. The molecule has 10 nitrogen and oxygen atoms in total. The minimum atomic E-state index is -1.32. The zero-order valence-corrected chi connectivity index (χ0v) is 23.1. The Morgan fingerprint density at radius 1 is 1.19 bits per heavy atom. The van der Waals surface area contributed by atoms with Crippen molar-refractivity contribution in [3.8, 4) is 11.1 Å². The number of ether oxygens (including phenoxy) is 1. The maximum absolute atomic E-state index is 15.7. The molecule has 3 N–H and O–H groups in total. The number of likely N-dealkylation sites (N-methyl/N-ethyl adjacent to an activating group) is 1. The van der Waals surface area contributed by atoms with Crippen LogP contribution in [0.25, 0.3) is 38.6 Å². The number of carboxylic acid groups (broad SMARTS) is 1. The first-order chi connectivity index (χ1) is 20.2. The van der Waals surface area contributed by atoms with Crippen molar-refractivity contribution in [1.82, 2.24) is 19.3 Å². The number of aromatic amines is 1. The van der Waals surface area contributed by atoms with E-state index in [2.05, 4.69) is 25.1 Å². The molecule has 3 atom stereocenters. The summed E-state index contributed by atoms with van der Waals surface area (Å²) in [5.41, 5.74) is 2.45. The number of benzene rings is 1. The lowest BCUT2D eigenvalue weighted by molar-refractivity contribution is 0.0694. The van der Waals surface area contributed by atoms with E-state index in [1.54, 1.807) is 31.6 Å². The first-order valence-electron chi connectivity index (χ1n) is 13.6. The molecule has 216 valence electrons. The molecule has 5 aromatic rings. The number of nitrogens with zero attached hydrogens (tertiary/aromatic N) is 4. The predicted octanol–water partition coefficient (Wildman–Crippen LogP) is 3.78. The summed E-state index contributed by atoms with van der Waals surface area (Å²) in [6.07, 6.45) is 3.16. The van der Waals surface area contributed by atoms with Crippen LogP contribution in [0.5, 0.6) is 0 Å². The van der Waals surface area contributed by atoms with Crippen molar-refractivity contribution in [2.75, 3.05) is 51.1 Å². The number of H-pyrrole nitrogens is 1. The zero-order chi connectivity index (χ0) is 29.4. The summed E-state index contributed by atoms with van der Waals surface area (Å²) >= 11 is 0. The standard InChI is InChI=1S/C30H28F2N6O4/c1-33-20-8-19(31)25(32)23-24-27(37-11-18-21(36(2)3)13-42-22(18)12-37)17(9-34-28(24)35-26(20)23)14-4-5-15-6-7-16(30(40)41)29(39)38(15)10-14/h4-10,18,21-22,33H,11-13H2,1-3H3,(H,34,35)(H,40,41)/t18-,21?,22-/m0/s1. The second-order valence-corrected chi connectivity index (χ2v) is 11.1. The van der Waals surface area contributed by atoms with Gasteiger partial charge in [-0.25, -0.2) is 18.6 Å². The number of pyridine rings is 3. The van der Waals surface area contributed by atoms with Crippen molar-refractivity contribution in [3.05, 3.63) is 70.3 Å². The molecule has 1 unspecified atom stereocenters. The average molecular weight is 575 g/mol. The fraction of sp³-hybridized carbons (Fsp3) is 0.300. The highest BCUT2D eigenvalue weighted by Crippen LogP contribution is 2.45. The number of aromatic nitrogens is 3. The average Bonchev–Trinajstić information content (AvgIpc) is 3.67. The number of carboxylic acids is 1.